The summed E-state index contributed by atoms with van der Waals surface area (Å²) in [6, 6.07) is 14.6. The second kappa shape index (κ2) is 7.14. The summed E-state index contributed by atoms with van der Waals surface area (Å²) in [4.78, 5) is 12.0. The fourth-order valence-corrected chi connectivity index (χ4v) is 2.20. The van der Waals surface area contributed by atoms with Crippen molar-refractivity contribution in [2.45, 2.75) is 6.92 Å². The van der Waals surface area contributed by atoms with Crippen LogP contribution >= 0.6 is 11.6 Å². The van der Waals surface area contributed by atoms with E-state index in [-0.39, 0.29) is 18.6 Å². The van der Waals surface area contributed by atoms with E-state index in [4.69, 9.17) is 20.8 Å². The number of hydrogen-bond donors (Lipinski definition) is 1. The summed E-state index contributed by atoms with van der Waals surface area (Å²) >= 11 is 6.02. The largest absolute Gasteiger partial charge is 0.439 e. The Kier molecular flexibility index (Phi) is 4.77. The van der Waals surface area contributed by atoms with Crippen molar-refractivity contribution >= 4 is 23.2 Å². The SMILES string of the molecule is Cc1c(Cl)cccc1NC(=O)COc1nnc(-c2ccccc2)o1. The zero-order valence-corrected chi connectivity index (χ0v) is 13.6. The Balaban J connectivity index is 1.59. The van der Waals surface area contributed by atoms with Crippen LogP contribution in [0.4, 0.5) is 5.69 Å². The van der Waals surface area contributed by atoms with Gasteiger partial charge in [-0.05, 0) is 36.8 Å². The van der Waals surface area contributed by atoms with Gasteiger partial charge in [-0.15, -0.1) is 5.10 Å². The van der Waals surface area contributed by atoms with E-state index < -0.39 is 0 Å². The van der Waals surface area contributed by atoms with Crippen LogP contribution in [0.25, 0.3) is 11.5 Å². The smallest absolute Gasteiger partial charge is 0.415 e. The van der Waals surface area contributed by atoms with Gasteiger partial charge >= 0.3 is 6.08 Å². The highest BCUT2D eigenvalue weighted by molar-refractivity contribution is 6.31. The summed E-state index contributed by atoms with van der Waals surface area (Å²) in [5.74, 6) is -0.0171. The molecule has 0 aliphatic heterocycles. The highest BCUT2D eigenvalue weighted by Crippen LogP contribution is 2.23. The average Bonchev–Trinajstić information content (AvgIpc) is 3.07. The molecular formula is C17H14ClN3O3. The Morgan fingerprint density at radius 3 is 2.75 bits per heavy atom. The second-order valence-corrected chi connectivity index (χ2v) is 5.40. The quantitative estimate of drug-likeness (QED) is 0.764. The van der Waals surface area contributed by atoms with E-state index in [1.807, 2.05) is 37.3 Å². The molecule has 7 heteroatoms. The summed E-state index contributed by atoms with van der Waals surface area (Å²) < 4.78 is 10.6. The van der Waals surface area contributed by atoms with Crippen molar-refractivity contribution in [1.82, 2.24) is 10.2 Å². The maximum absolute atomic E-state index is 12.0. The van der Waals surface area contributed by atoms with E-state index in [2.05, 4.69) is 15.5 Å². The minimum absolute atomic E-state index is 0.0631. The number of rotatable bonds is 5. The number of nitrogens with zero attached hydrogens (tertiary/aromatic N) is 2. The van der Waals surface area contributed by atoms with E-state index >= 15 is 0 Å². The summed E-state index contributed by atoms with van der Waals surface area (Å²) in [5, 5.41) is 10.9. The topological polar surface area (TPSA) is 77.2 Å². The molecule has 6 nitrogen and oxygen atoms in total. The molecule has 1 N–H and O–H groups in total. The monoisotopic (exact) mass is 343 g/mol. The molecule has 2 aromatic carbocycles. The fraction of sp³-hybridized carbons (Fsp3) is 0.118. The van der Waals surface area contributed by atoms with Gasteiger partial charge in [-0.2, -0.15) is 0 Å². The minimum Gasteiger partial charge on any atom is -0.439 e. The molecule has 0 radical (unpaired) electrons. The number of aromatic nitrogens is 2. The van der Waals surface area contributed by atoms with Crippen molar-refractivity contribution in [3.8, 4) is 17.5 Å². The van der Waals surface area contributed by atoms with Crippen LogP contribution in [0, 0.1) is 6.92 Å². The predicted octanol–water partition coefficient (Wildman–Crippen LogP) is 3.72. The van der Waals surface area contributed by atoms with Crippen LogP contribution in [-0.2, 0) is 4.79 Å². The van der Waals surface area contributed by atoms with Gasteiger partial charge in [0.15, 0.2) is 6.61 Å². The highest BCUT2D eigenvalue weighted by atomic mass is 35.5. The molecule has 1 aromatic heterocycles. The molecule has 1 heterocycles. The van der Waals surface area contributed by atoms with Crippen LogP contribution < -0.4 is 10.1 Å². The first kappa shape index (κ1) is 16.0. The van der Waals surface area contributed by atoms with Crippen LogP contribution in [0.5, 0.6) is 6.08 Å². The zero-order chi connectivity index (χ0) is 16.9. The van der Waals surface area contributed by atoms with Crippen molar-refractivity contribution in [2.75, 3.05) is 11.9 Å². The van der Waals surface area contributed by atoms with Crippen molar-refractivity contribution in [2.24, 2.45) is 0 Å². The van der Waals surface area contributed by atoms with E-state index in [9.17, 15) is 4.79 Å². The number of nitrogens with one attached hydrogen (secondary N) is 1. The number of carbonyl (C=O) groups excluding carboxylic acids is 1. The van der Waals surface area contributed by atoms with Gasteiger partial charge in [-0.25, -0.2) is 0 Å². The first-order valence-electron chi connectivity index (χ1n) is 7.20. The summed E-state index contributed by atoms with van der Waals surface area (Å²) in [6.45, 7) is 1.57. The summed E-state index contributed by atoms with van der Waals surface area (Å²) in [6.07, 6.45) is -0.0631. The van der Waals surface area contributed by atoms with E-state index in [0.717, 1.165) is 11.1 Å². The minimum atomic E-state index is -0.347. The molecule has 0 bridgehead atoms. The van der Waals surface area contributed by atoms with Gasteiger partial charge in [0, 0.05) is 16.3 Å². The number of carbonyl (C=O) groups is 1. The molecule has 0 saturated heterocycles. The molecule has 24 heavy (non-hydrogen) atoms. The predicted molar refractivity (Wildman–Crippen MR) is 90.0 cm³/mol. The van der Waals surface area contributed by atoms with Crippen LogP contribution in [0.1, 0.15) is 5.56 Å². The number of anilines is 1. The molecule has 3 aromatic rings. The Hall–Kier alpha value is -2.86. The number of halogens is 1. The molecular weight excluding hydrogens is 330 g/mol. The molecule has 0 spiro atoms. The maximum atomic E-state index is 12.0. The fourth-order valence-electron chi connectivity index (χ4n) is 2.02. The van der Waals surface area contributed by atoms with Gasteiger partial charge in [0.05, 0.1) is 0 Å². The van der Waals surface area contributed by atoms with E-state index in [1.165, 1.54) is 0 Å². The van der Waals surface area contributed by atoms with Crippen LogP contribution in [0.3, 0.4) is 0 Å². The van der Waals surface area contributed by atoms with E-state index in [1.54, 1.807) is 18.2 Å². The van der Waals surface area contributed by atoms with Gasteiger partial charge in [-0.1, -0.05) is 41.0 Å². The number of benzene rings is 2. The Labute approximate surface area is 143 Å². The molecule has 1 amide bonds. The average molecular weight is 344 g/mol. The Morgan fingerprint density at radius 1 is 1.17 bits per heavy atom. The molecule has 3 rings (SSSR count). The zero-order valence-electron chi connectivity index (χ0n) is 12.8. The summed E-state index contributed by atoms with van der Waals surface area (Å²) in [7, 11) is 0. The molecule has 0 unspecified atom stereocenters. The van der Waals surface area contributed by atoms with Crippen molar-refractivity contribution < 1.29 is 13.9 Å². The maximum Gasteiger partial charge on any atom is 0.415 e. The second-order valence-electron chi connectivity index (χ2n) is 4.99. The lowest BCUT2D eigenvalue weighted by Gasteiger charge is -2.09. The third-order valence-corrected chi connectivity index (χ3v) is 3.71. The van der Waals surface area contributed by atoms with Crippen molar-refractivity contribution in [3.05, 3.63) is 59.1 Å². The summed E-state index contributed by atoms with van der Waals surface area (Å²) in [5.41, 5.74) is 2.20. The molecule has 0 atom stereocenters. The molecule has 0 fully saturated rings. The number of amides is 1. The van der Waals surface area contributed by atoms with E-state index in [0.29, 0.717) is 16.6 Å². The van der Waals surface area contributed by atoms with Gasteiger partial charge < -0.3 is 14.5 Å². The molecule has 0 aliphatic rings. The Bertz CT molecular complexity index is 849. The number of ether oxygens (including phenoxy) is 1. The third-order valence-electron chi connectivity index (χ3n) is 3.30. The van der Waals surface area contributed by atoms with Crippen molar-refractivity contribution in [3.63, 3.8) is 0 Å². The lowest BCUT2D eigenvalue weighted by atomic mass is 10.2. The standard InChI is InChI=1S/C17H14ClN3O3/c1-11-13(18)8-5-9-14(11)19-15(22)10-23-17-21-20-16(24-17)12-6-3-2-4-7-12/h2-9H,10H2,1H3,(H,19,22). The van der Waals surface area contributed by atoms with Crippen LogP contribution in [-0.4, -0.2) is 22.7 Å². The first-order valence-corrected chi connectivity index (χ1v) is 7.58. The van der Waals surface area contributed by atoms with Gasteiger partial charge in [0.25, 0.3) is 11.8 Å². The van der Waals surface area contributed by atoms with Gasteiger partial charge in [0.1, 0.15) is 0 Å². The van der Waals surface area contributed by atoms with Crippen LogP contribution in [0.15, 0.2) is 52.9 Å². The lowest BCUT2D eigenvalue weighted by molar-refractivity contribution is -0.118. The molecule has 122 valence electrons. The van der Waals surface area contributed by atoms with Crippen LogP contribution in [0.2, 0.25) is 5.02 Å². The van der Waals surface area contributed by atoms with Gasteiger partial charge in [0.2, 0.25) is 0 Å². The first-order chi connectivity index (χ1) is 11.6. The van der Waals surface area contributed by atoms with Crippen molar-refractivity contribution in [1.29, 1.82) is 0 Å². The van der Waals surface area contributed by atoms with Gasteiger partial charge in [-0.3, -0.25) is 4.79 Å². The lowest BCUT2D eigenvalue weighted by Crippen LogP contribution is -2.20. The Morgan fingerprint density at radius 2 is 1.96 bits per heavy atom. The normalized spacial score (nSPS) is 10.4. The third kappa shape index (κ3) is 3.72. The number of hydrogen-bond acceptors (Lipinski definition) is 5. The molecule has 0 saturated carbocycles. The highest BCUT2D eigenvalue weighted by Gasteiger charge is 2.12. The molecule has 0 aliphatic carbocycles.